The lowest BCUT2D eigenvalue weighted by Gasteiger charge is -2.32. The fourth-order valence-electron chi connectivity index (χ4n) is 4.31. The predicted molar refractivity (Wildman–Crippen MR) is 120 cm³/mol. The average molecular weight is 393 g/mol. The first-order valence-electron chi connectivity index (χ1n) is 11.1. The smallest absolute Gasteiger partial charge is 0.274 e. The highest BCUT2D eigenvalue weighted by Gasteiger charge is 2.16. The monoisotopic (exact) mass is 392 g/mol. The first-order chi connectivity index (χ1) is 14.2. The maximum atomic E-state index is 12.5. The molecule has 1 saturated heterocycles. The van der Waals surface area contributed by atoms with Crippen LogP contribution >= 0.6 is 0 Å². The summed E-state index contributed by atoms with van der Waals surface area (Å²) in [6.45, 7) is 4.54. The van der Waals surface area contributed by atoms with Crippen molar-refractivity contribution in [3.05, 3.63) is 48.3 Å². The van der Waals surface area contributed by atoms with Crippen LogP contribution in [0.2, 0.25) is 0 Å². The maximum absolute atomic E-state index is 12.5. The highest BCUT2D eigenvalue weighted by Crippen LogP contribution is 2.25. The Balaban J connectivity index is 1.31. The largest absolute Gasteiger partial charge is 0.381 e. The van der Waals surface area contributed by atoms with E-state index in [9.17, 15) is 4.79 Å². The van der Waals surface area contributed by atoms with Gasteiger partial charge in [0.1, 0.15) is 5.69 Å². The first-order valence-corrected chi connectivity index (χ1v) is 11.1. The number of piperidine rings is 1. The average Bonchev–Trinajstić information content (AvgIpc) is 2.76. The van der Waals surface area contributed by atoms with Gasteiger partial charge in [0.25, 0.3) is 5.91 Å². The summed E-state index contributed by atoms with van der Waals surface area (Å²) < 4.78 is 0. The molecule has 1 aromatic heterocycles. The van der Waals surface area contributed by atoms with E-state index in [2.05, 4.69) is 39.6 Å². The summed E-state index contributed by atoms with van der Waals surface area (Å²) >= 11 is 0. The molecule has 1 aliphatic carbocycles. The van der Waals surface area contributed by atoms with Crippen LogP contribution in [0.25, 0.3) is 0 Å². The number of benzene rings is 1. The Hall–Kier alpha value is -2.56. The number of carbonyl (C=O) groups excluding carboxylic acids is 1. The lowest BCUT2D eigenvalue weighted by molar-refractivity contribution is 0.102. The zero-order valence-electron chi connectivity index (χ0n) is 17.4. The molecule has 1 aliphatic heterocycles. The van der Waals surface area contributed by atoms with Crippen LogP contribution in [-0.4, -0.2) is 30.0 Å². The third-order valence-electron chi connectivity index (χ3n) is 6.25. The van der Waals surface area contributed by atoms with Crippen molar-refractivity contribution in [1.82, 2.24) is 4.98 Å². The lowest BCUT2D eigenvalue weighted by atomic mass is 9.95. The summed E-state index contributed by atoms with van der Waals surface area (Å²) in [5.74, 6) is 0.648. The standard InChI is InChI=1S/C24H32N4O/c1-18-13-15-28(16-14-18)22-10-7-20(8-11-22)27-24(29)23-12-9-21(17-25-23)26-19-5-3-2-4-6-19/h7-12,17-19,26H,2-6,13-16H2,1H3,(H,27,29). The van der Waals surface area contributed by atoms with Gasteiger partial charge in [-0.15, -0.1) is 0 Å². The number of anilines is 3. The molecule has 0 unspecified atom stereocenters. The highest BCUT2D eigenvalue weighted by atomic mass is 16.1. The number of pyridine rings is 1. The minimum Gasteiger partial charge on any atom is -0.381 e. The van der Waals surface area contributed by atoms with Gasteiger partial charge >= 0.3 is 0 Å². The summed E-state index contributed by atoms with van der Waals surface area (Å²) in [6.07, 6.45) is 10.6. The third kappa shape index (κ3) is 5.28. The minimum absolute atomic E-state index is 0.172. The van der Waals surface area contributed by atoms with E-state index in [0.29, 0.717) is 11.7 Å². The van der Waals surface area contributed by atoms with E-state index in [4.69, 9.17) is 0 Å². The van der Waals surface area contributed by atoms with E-state index in [1.807, 2.05) is 18.2 Å². The van der Waals surface area contributed by atoms with E-state index in [0.717, 1.165) is 30.4 Å². The van der Waals surface area contributed by atoms with Crippen molar-refractivity contribution in [3.63, 3.8) is 0 Å². The van der Waals surface area contributed by atoms with Gasteiger partial charge in [-0.3, -0.25) is 4.79 Å². The van der Waals surface area contributed by atoms with Crippen molar-refractivity contribution in [2.45, 2.75) is 57.9 Å². The number of amides is 1. The van der Waals surface area contributed by atoms with Gasteiger partial charge in [0.15, 0.2) is 0 Å². The molecule has 154 valence electrons. The molecule has 2 heterocycles. The molecule has 2 fully saturated rings. The molecule has 1 saturated carbocycles. The first kappa shape index (κ1) is 19.7. The zero-order valence-corrected chi connectivity index (χ0v) is 17.4. The summed E-state index contributed by atoms with van der Waals surface area (Å²) in [5.41, 5.74) is 3.46. The second-order valence-electron chi connectivity index (χ2n) is 8.58. The number of nitrogens with one attached hydrogen (secondary N) is 2. The Labute approximate surface area is 173 Å². The summed E-state index contributed by atoms with van der Waals surface area (Å²) in [5, 5.41) is 6.49. The topological polar surface area (TPSA) is 57.3 Å². The van der Waals surface area contributed by atoms with Crippen LogP contribution in [-0.2, 0) is 0 Å². The van der Waals surface area contributed by atoms with Crippen LogP contribution < -0.4 is 15.5 Å². The van der Waals surface area contributed by atoms with Crippen LogP contribution in [0.4, 0.5) is 17.1 Å². The van der Waals surface area contributed by atoms with Gasteiger partial charge in [0.2, 0.25) is 0 Å². The molecule has 29 heavy (non-hydrogen) atoms. The Morgan fingerprint density at radius 3 is 2.28 bits per heavy atom. The molecule has 1 amide bonds. The number of hydrogen-bond donors (Lipinski definition) is 2. The van der Waals surface area contributed by atoms with Gasteiger partial charge < -0.3 is 15.5 Å². The normalized spacial score (nSPS) is 18.4. The second kappa shape index (κ2) is 9.29. The van der Waals surface area contributed by atoms with E-state index >= 15 is 0 Å². The Morgan fingerprint density at radius 1 is 0.931 bits per heavy atom. The number of rotatable bonds is 5. The van der Waals surface area contributed by atoms with Crippen LogP contribution in [0, 0.1) is 5.92 Å². The lowest BCUT2D eigenvalue weighted by Crippen LogP contribution is -2.32. The molecule has 2 aliphatic rings. The molecule has 5 heteroatoms. The minimum atomic E-state index is -0.172. The zero-order chi connectivity index (χ0) is 20.1. The third-order valence-corrected chi connectivity index (χ3v) is 6.25. The van der Waals surface area contributed by atoms with Gasteiger partial charge in [-0.2, -0.15) is 0 Å². The fourth-order valence-corrected chi connectivity index (χ4v) is 4.31. The van der Waals surface area contributed by atoms with Crippen molar-refractivity contribution < 1.29 is 4.79 Å². The number of aromatic nitrogens is 1. The molecular formula is C24H32N4O. The van der Waals surface area contributed by atoms with Crippen molar-refractivity contribution in [2.75, 3.05) is 28.6 Å². The summed E-state index contributed by atoms with van der Waals surface area (Å²) in [4.78, 5) is 19.3. The number of hydrogen-bond acceptors (Lipinski definition) is 4. The van der Waals surface area contributed by atoms with Gasteiger partial charge in [-0.1, -0.05) is 26.2 Å². The Kier molecular flexibility index (Phi) is 6.33. The van der Waals surface area contributed by atoms with E-state index in [1.54, 1.807) is 12.3 Å². The molecule has 1 aromatic carbocycles. The van der Waals surface area contributed by atoms with Gasteiger partial charge in [0, 0.05) is 30.5 Å². The van der Waals surface area contributed by atoms with Crippen molar-refractivity contribution in [3.8, 4) is 0 Å². The maximum Gasteiger partial charge on any atom is 0.274 e. The number of carbonyl (C=O) groups is 1. The van der Waals surface area contributed by atoms with Crippen LogP contribution in [0.5, 0.6) is 0 Å². The van der Waals surface area contributed by atoms with Crippen LogP contribution in [0.3, 0.4) is 0 Å². The molecule has 4 rings (SSSR count). The summed E-state index contributed by atoms with van der Waals surface area (Å²) in [6, 6.07) is 12.4. The molecule has 5 nitrogen and oxygen atoms in total. The quantitative estimate of drug-likeness (QED) is 0.723. The van der Waals surface area contributed by atoms with Gasteiger partial charge in [-0.05, 0) is 68.0 Å². The molecule has 2 aromatic rings. The Morgan fingerprint density at radius 2 is 1.62 bits per heavy atom. The van der Waals surface area contributed by atoms with Crippen LogP contribution in [0.1, 0.15) is 62.4 Å². The van der Waals surface area contributed by atoms with Gasteiger partial charge in [-0.25, -0.2) is 4.98 Å². The molecule has 2 N–H and O–H groups in total. The van der Waals surface area contributed by atoms with E-state index < -0.39 is 0 Å². The summed E-state index contributed by atoms with van der Waals surface area (Å²) in [7, 11) is 0. The Bertz CT molecular complexity index is 789. The van der Waals surface area contributed by atoms with Crippen LogP contribution in [0.15, 0.2) is 42.6 Å². The van der Waals surface area contributed by atoms with Gasteiger partial charge in [0.05, 0.1) is 11.9 Å². The molecular weight excluding hydrogens is 360 g/mol. The fraction of sp³-hybridized carbons (Fsp3) is 0.500. The molecule has 0 spiro atoms. The van der Waals surface area contributed by atoms with E-state index in [-0.39, 0.29) is 5.91 Å². The SMILES string of the molecule is CC1CCN(c2ccc(NC(=O)c3ccc(NC4CCCCC4)cn3)cc2)CC1. The van der Waals surface area contributed by atoms with Crippen molar-refractivity contribution in [2.24, 2.45) is 5.92 Å². The highest BCUT2D eigenvalue weighted by molar-refractivity contribution is 6.03. The van der Waals surface area contributed by atoms with Crippen molar-refractivity contribution in [1.29, 1.82) is 0 Å². The van der Waals surface area contributed by atoms with E-state index in [1.165, 1.54) is 50.6 Å². The molecule has 0 bridgehead atoms. The molecule has 0 atom stereocenters. The number of nitrogens with zero attached hydrogens (tertiary/aromatic N) is 2. The van der Waals surface area contributed by atoms with Crippen molar-refractivity contribution >= 4 is 23.0 Å². The predicted octanol–water partition coefficient (Wildman–Crippen LogP) is 5.31. The molecule has 0 radical (unpaired) electrons. The second-order valence-corrected chi connectivity index (χ2v) is 8.58.